The van der Waals surface area contributed by atoms with Gasteiger partial charge < -0.3 is 0 Å². The van der Waals surface area contributed by atoms with E-state index < -0.39 is 0 Å². The topological polar surface area (TPSA) is 0 Å². The first kappa shape index (κ1) is 18.8. The summed E-state index contributed by atoms with van der Waals surface area (Å²) in [6, 6.07) is 0. The van der Waals surface area contributed by atoms with Gasteiger partial charge >= 0.3 is 0 Å². The summed E-state index contributed by atoms with van der Waals surface area (Å²) in [5.41, 5.74) is 1.38. The van der Waals surface area contributed by atoms with Gasteiger partial charge in [-0.3, -0.25) is 0 Å². The Kier molecular flexibility index (Phi) is 4.94. The fourth-order valence-electron chi connectivity index (χ4n) is 7.78. The summed E-state index contributed by atoms with van der Waals surface area (Å²) >= 11 is 0. The smallest absolute Gasteiger partial charge is 0.0295 e. The largest absolute Gasteiger partial charge is 0.0651 e. The van der Waals surface area contributed by atoms with Crippen LogP contribution in [0.15, 0.2) is 0 Å². The minimum atomic E-state index is 0.688. The molecule has 0 heterocycles. The molecule has 6 aliphatic carbocycles. The molecule has 6 saturated carbocycles. The van der Waals surface area contributed by atoms with Crippen LogP contribution in [0.4, 0.5) is 0 Å². The van der Waals surface area contributed by atoms with Crippen molar-refractivity contribution in [2.45, 2.75) is 93.9 Å². The normalized spacial score (nSPS) is 50.0. The minimum Gasteiger partial charge on any atom is -0.0651 e. The zero-order valence-corrected chi connectivity index (χ0v) is 17.9. The van der Waals surface area contributed by atoms with Gasteiger partial charge in [-0.2, -0.15) is 0 Å². The van der Waals surface area contributed by atoms with Crippen LogP contribution < -0.4 is 0 Å². The quantitative estimate of drug-likeness (QED) is 0.493. The molecule has 0 aliphatic heterocycles. The van der Waals surface area contributed by atoms with Gasteiger partial charge in [0.05, 0.1) is 0 Å². The van der Waals surface area contributed by atoms with Crippen molar-refractivity contribution < 1.29 is 0 Å². The molecule has 0 nitrogen and oxygen atoms in total. The van der Waals surface area contributed by atoms with Gasteiger partial charge in [-0.25, -0.2) is 0 Å². The Morgan fingerprint density at radius 2 is 0.958 bits per heavy atom. The molecule has 0 aromatic rings. The third-order valence-electron chi connectivity index (χ3n) is 9.84. The van der Waals surface area contributed by atoms with Gasteiger partial charge in [-0.1, -0.05) is 68.2 Å². The number of hydrogen-bond acceptors (Lipinski definition) is 0. The van der Waals surface area contributed by atoms with Crippen molar-refractivity contribution in [2.24, 2.45) is 58.2 Å². The standard InChI is InChI=1S/2C12H22/c2*1-5-10-8(2)6-9-7-11(10)12(9,3)4/h2*8-11H,5-7H2,1-4H3/t2*8?,9-,10?,11-/m11/s1. The summed E-state index contributed by atoms with van der Waals surface area (Å²) in [5.74, 6) is 8.29. The van der Waals surface area contributed by atoms with E-state index in [1.54, 1.807) is 0 Å². The molecule has 6 aliphatic rings. The second-order valence-corrected chi connectivity index (χ2v) is 11.3. The molecule has 0 saturated heterocycles. The lowest BCUT2D eigenvalue weighted by atomic mass is 9.43. The van der Waals surface area contributed by atoms with Crippen molar-refractivity contribution in [1.82, 2.24) is 0 Å². The number of rotatable bonds is 2. The Morgan fingerprint density at radius 1 is 0.625 bits per heavy atom. The molecule has 0 N–H and O–H groups in total. The minimum absolute atomic E-state index is 0.688. The first-order valence-corrected chi connectivity index (χ1v) is 11.1. The molecule has 0 spiro atoms. The molecule has 8 atom stereocenters. The molecule has 0 aromatic heterocycles. The SMILES string of the molecule is CCC1C(C)C[C@@H]2C[C@H]1C2(C)C.CCC1C(C)C[C@@H]2C[C@H]1C2(C)C. The first-order chi connectivity index (χ1) is 11.1. The second-order valence-electron chi connectivity index (χ2n) is 11.3. The van der Waals surface area contributed by atoms with Gasteiger partial charge in [0.1, 0.15) is 0 Å². The van der Waals surface area contributed by atoms with Gasteiger partial charge in [0.2, 0.25) is 0 Å². The average Bonchev–Trinajstić information content (AvgIpc) is 2.54. The highest BCUT2D eigenvalue weighted by Gasteiger charge is 2.56. The summed E-state index contributed by atoms with van der Waals surface area (Å²) in [7, 11) is 0. The van der Waals surface area contributed by atoms with Crippen LogP contribution in [-0.2, 0) is 0 Å². The van der Waals surface area contributed by atoms with E-state index in [1.165, 1.54) is 38.5 Å². The highest BCUT2D eigenvalue weighted by Crippen LogP contribution is 2.64. The zero-order chi connectivity index (χ0) is 17.9. The number of fused-ring (bicyclic) bond motifs is 4. The maximum absolute atomic E-state index is 2.49. The van der Waals surface area contributed by atoms with Crippen molar-refractivity contribution in [3.8, 4) is 0 Å². The van der Waals surface area contributed by atoms with Gasteiger partial charge in [-0.15, -0.1) is 0 Å². The predicted octanol–water partition coefficient (Wildman–Crippen LogP) is 7.43. The van der Waals surface area contributed by atoms with Crippen LogP contribution in [0, 0.1) is 58.2 Å². The van der Waals surface area contributed by atoms with E-state index in [1.807, 2.05) is 0 Å². The lowest BCUT2D eigenvalue weighted by molar-refractivity contribution is -0.131. The van der Waals surface area contributed by atoms with E-state index in [0.29, 0.717) is 10.8 Å². The van der Waals surface area contributed by atoms with E-state index in [2.05, 4.69) is 55.4 Å². The zero-order valence-electron chi connectivity index (χ0n) is 17.9. The average molecular weight is 333 g/mol. The monoisotopic (exact) mass is 332 g/mol. The van der Waals surface area contributed by atoms with E-state index in [-0.39, 0.29) is 0 Å². The van der Waals surface area contributed by atoms with Crippen LogP contribution in [0.3, 0.4) is 0 Å². The lowest BCUT2D eigenvalue weighted by Crippen LogP contribution is -2.54. The molecule has 4 bridgehead atoms. The molecular formula is C24H44. The lowest BCUT2D eigenvalue weighted by Gasteiger charge is -2.62. The molecule has 6 fully saturated rings. The highest BCUT2D eigenvalue weighted by atomic mass is 14.6. The third kappa shape index (κ3) is 2.69. The summed E-state index contributed by atoms with van der Waals surface area (Å²) in [4.78, 5) is 0. The van der Waals surface area contributed by atoms with Crippen LogP contribution in [0.5, 0.6) is 0 Å². The maximum atomic E-state index is 2.49. The van der Waals surface area contributed by atoms with Crippen molar-refractivity contribution in [3.05, 3.63) is 0 Å². The van der Waals surface area contributed by atoms with E-state index in [0.717, 1.165) is 47.3 Å². The molecule has 0 heteroatoms. The predicted molar refractivity (Wildman–Crippen MR) is 106 cm³/mol. The fraction of sp³-hybridized carbons (Fsp3) is 1.00. The second kappa shape index (κ2) is 6.31. The van der Waals surface area contributed by atoms with Gasteiger partial charge in [0.15, 0.2) is 0 Å². The Bertz CT molecular complexity index is 403. The maximum Gasteiger partial charge on any atom is -0.0295 e. The van der Waals surface area contributed by atoms with E-state index in [9.17, 15) is 0 Å². The van der Waals surface area contributed by atoms with Gasteiger partial charge in [0, 0.05) is 0 Å². The summed E-state index contributed by atoms with van der Waals surface area (Å²) in [6.45, 7) is 19.6. The first-order valence-electron chi connectivity index (χ1n) is 11.1. The van der Waals surface area contributed by atoms with Crippen LogP contribution >= 0.6 is 0 Å². The molecular weight excluding hydrogens is 288 g/mol. The molecule has 6 rings (SSSR count). The van der Waals surface area contributed by atoms with Crippen LogP contribution in [0.1, 0.15) is 93.9 Å². The summed E-state index contributed by atoms with van der Waals surface area (Å²) in [6.07, 6.45) is 8.89. The summed E-state index contributed by atoms with van der Waals surface area (Å²) in [5, 5.41) is 0. The molecule has 4 unspecified atom stereocenters. The molecule has 0 aromatic carbocycles. The van der Waals surface area contributed by atoms with Crippen molar-refractivity contribution in [1.29, 1.82) is 0 Å². The highest BCUT2D eigenvalue weighted by molar-refractivity contribution is 5.05. The summed E-state index contributed by atoms with van der Waals surface area (Å²) < 4.78 is 0. The fourth-order valence-corrected chi connectivity index (χ4v) is 7.78. The molecule has 140 valence electrons. The molecule has 0 radical (unpaired) electrons. The number of hydrogen-bond donors (Lipinski definition) is 0. The molecule has 0 amide bonds. The Hall–Kier alpha value is 0. The molecule has 24 heavy (non-hydrogen) atoms. The van der Waals surface area contributed by atoms with E-state index in [4.69, 9.17) is 0 Å². The van der Waals surface area contributed by atoms with Gasteiger partial charge in [0.25, 0.3) is 0 Å². The van der Waals surface area contributed by atoms with Crippen LogP contribution in [-0.4, -0.2) is 0 Å². The third-order valence-corrected chi connectivity index (χ3v) is 9.84. The Labute approximate surface area is 152 Å². The Morgan fingerprint density at radius 3 is 1.17 bits per heavy atom. The van der Waals surface area contributed by atoms with Gasteiger partial charge in [-0.05, 0) is 83.9 Å². The van der Waals surface area contributed by atoms with Crippen LogP contribution in [0.25, 0.3) is 0 Å². The van der Waals surface area contributed by atoms with Crippen molar-refractivity contribution >= 4 is 0 Å². The van der Waals surface area contributed by atoms with Crippen LogP contribution in [0.2, 0.25) is 0 Å². The Balaban J connectivity index is 0.000000141. The van der Waals surface area contributed by atoms with Crippen molar-refractivity contribution in [2.75, 3.05) is 0 Å². The van der Waals surface area contributed by atoms with Crippen molar-refractivity contribution in [3.63, 3.8) is 0 Å². The van der Waals surface area contributed by atoms with E-state index >= 15 is 0 Å².